The highest BCUT2D eigenvalue weighted by atomic mass is 32.1. The van der Waals surface area contributed by atoms with Crippen molar-refractivity contribution >= 4 is 37.0 Å². The molecule has 3 aromatic rings. The van der Waals surface area contributed by atoms with Crippen molar-refractivity contribution in [2.24, 2.45) is 0 Å². The van der Waals surface area contributed by atoms with Gasteiger partial charge in [-0.15, -0.1) is 0 Å². The number of aromatic nitrogens is 3. The predicted octanol–water partition coefficient (Wildman–Crippen LogP) is 4.64. The zero-order valence-corrected chi connectivity index (χ0v) is 23.6. The van der Waals surface area contributed by atoms with Gasteiger partial charge in [0, 0.05) is 55.7 Å². The highest BCUT2D eigenvalue weighted by molar-refractivity contribution is 7.59. The number of rotatable bonds is 3. The molecule has 0 saturated carbocycles. The van der Waals surface area contributed by atoms with Crippen LogP contribution in [0, 0.1) is 6.92 Å². The third-order valence-electron chi connectivity index (χ3n) is 6.77. The number of amides is 2. The smallest absolute Gasteiger partial charge is 0.410 e. The normalized spacial score (nSPS) is 17.7. The largest absolute Gasteiger partial charge is 0.444 e. The lowest BCUT2D eigenvalue weighted by Gasteiger charge is -2.36. The Morgan fingerprint density at radius 3 is 2.29 bits per heavy atom. The highest BCUT2D eigenvalue weighted by Gasteiger charge is 2.34. The summed E-state index contributed by atoms with van der Waals surface area (Å²) in [4.78, 5) is 36.4. The number of hydrogen-bond donors (Lipinski definition) is 0. The molecule has 9 nitrogen and oxygen atoms in total. The van der Waals surface area contributed by atoms with Gasteiger partial charge in [-0.05, 0) is 58.9 Å². The van der Waals surface area contributed by atoms with E-state index in [1.807, 2.05) is 73.7 Å². The second kappa shape index (κ2) is 10.7. The number of ether oxygens (including phenoxy) is 1. The minimum Gasteiger partial charge on any atom is -0.444 e. The summed E-state index contributed by atoms with van der Waals surface area (Å²) < 4.78 is 7.32. The van der Waals surface area contributed by atoms with Crippen molar-refractivity contribution in [2.75, 3.05) is 42.5 Å². The number of fused-ring (bicyclic) bond motifs is 1. The van der Waals surface area contributed by atoms with E-state index >= 15 is 0 Å². The van der Waals surface area contributed by atoms with Crippen LogP contribution in [0.3, 0.4) is 0 Å². The molecule has 0 unspecified atom stereocenters. The van der Waals surface area contributed by atoms with Crippen molar-refractivity contribution in [2.45, 2.75) is 46.3 Å². The summed E-state index contributed by atoms with van der Waals surface area (Å²) in [7, 11) is 0. The van der Waals surface area contributed by atoms with Crippen LogP contribution in [0.25, 0.3) is 11.1 Å². The van der Waals surface area contributed by atoms with Crippen LogP contribution in [0.2, 0.25) is 0 Å². The third kappa shape index (κ3) is 5.50. The Balaban J connectivity index is 0.00000336. The molecule has 1 aromatic carbocycles. The Labute approximate surface area is 230 Å². The first-order chi connectivity index (χ1) is 17.6. The fraction of sp³-hybridized carbons (Fsp3) is 0.429. The molecule has 0 spiro atoms. The zero-order chi connectivity index (χ0) is 26.3. The zero-order valence-electron chi connectivity index (χ0n) is 22.6. The Hall–Kier alpha value is -3.53. The summed E-state index contributed by atoms with van der Waals surface area (Å²) in [5.74, 6) is 0.784. The van der Waals surface area contributed by atoms with E-state index < -0.39 is 5.60 Å². The standard InChI is InChI=1S/C28H34N6O3.H2S/c1-19-6-9-22(10-7-19)33-18-20(2)34-25(26(33)35)23(17-30-34)21-8-11-24(29-16-21)31-12-14-32(15-13-31)27(36)37-28(3,4)5;/h6-11,16-17,20H,12-15,18H2,1-5H3;1H2/t20-;/m0./s1. The third-order valence-corrected chi connectivity index (χ3v) is 6.77. The van der Waals surface area contributed by atoms with Gasteiger partial charge in [0.1, 0.15) is 17.1 Å². The first kappa shape index (κ1) is 27.5. The van der Waals surface area contributed by atoms with E-state index in [1.54, 1.807) is 17.3 Å². The molecule has 2 aliphatic heterocycles. The van der Waals surface area contributed by atoms with Gasteiger partial charge in [0.15, 0.2) is 0 Å². The van der Waals surface area contributed by atoms with Gasteiger partial charge in [-0.3, -0.25) is 9.48 Å². The molecule has 2 aromatic heterocycles. The molecule has 1 fully saturated rings. The Bertz CT molecular complexity index is 1290. The van der Waals surface area contributed by atoms with Crippen LogP contribution in [-0.2, 0) is 4.74 Å². The summed E-state index contributed by atoms with van der Waals surface area (Å²) in [5, 5.41) is 4.55. The molecular formula is C28H36N6O3S. The highest BCUT2D eigenvalue weighted by Crippen LogP contribution is 2.33. The van der Waals surface area contributed by atoms with E-state index in [4.69, 9.17) is 9.72 Å². The molecule has 2 aliphatic rings. The van der Waals surface area contributed by atoms with E-state index in [0.717, 1.165) is 28.2 Å². The van der Waals surface area contributed by atoms with Crippen molar-refractivity contribution in [3.63, 3.8) is 0 Å². The van der Waals surface area contributed by atoms with E-state index in [9.17, 15) is 9.59 Å². The summed E-state index contributed by atoms with van der Waals surface area (Å²) in [6, 6.07) is 12.0. The minimum absolute atomic E-state index is 0. The van der Waals surface area contributed by atoms with Gasteiger partial charge in [0.25, 0.3) is 5.91 Å². The van der Waals surface area contributed by atoms with Gasteiger partial charge in [-0.2, -0.15) is 18.6 Å². The second-order valence-corrected chi connectivity index (χ2v) is 10.8. The molecule has 202 valence electrons. The molecule has 10 heteroatoms. The summed E-state index contributed by atoms with van der Waals surface area (Å²) >= 11 is 0. The van der Waals surface area contributed by atoms with Crippen LogP contribution in [0.5, 0.6) is 0 Å². The molecule has 0 aliphatic carbocycles. The number of nitrogens with zero attached hydrogens (tertiary/aromatic N) is 6. The summed E-state index contributed by atoms with van der Waals surface area (Å²) in [6.07, 6.45) is 3.29. The molecule has 4 heterocycles. The number of pyridine rings is 1. The lowest BCUT2D eigenvalue weighted by Crippen LogP contribution is -2.50. The second-order valence-electron chi connectivity index (χ2n) is 10.8. The van der Waals surface area contributed by atoms with Crippen LogP contribution in [0.4, 0.5) is 16.3 Å². The number of hydrogen-bond acceptors (Lipinski definition) is 6. The Morgan fingerprint density at radius 2 is 1.68 bits per heavy atom. The van der Waals surface area contributed by atoms with Gasteiger partial charge < -0.3 is 19.4 Å². The van der Waals surface area contributed by atoms with Crippen molar-refractivity contribution in [1.82, 2.24) is 19.7 Å². The van der Waals surface area contributed by atoms with E-state index in [2.05, 4.69) is 16.9 Å². The predicted molar refractivity (Wildman–Crippen MR) is 153 cm³/mol. The lowest BCUT2D eigenvalue weighted by molar-refractivity contribution is 0.0240. The average Bonchev–Trinajstić information content (AvgIpc) is 3.32. The van der Waals surface area contributed by atoms with Gasteiger partial charge in [0.2, 0.25) is 0 Å². The van der Waals surface area contributed by atoms with Crippen molar-refractivity contribution in [1.29, 1.82) is 0 Å². The minimum atomic E-state index is -0.505. The van der Waals surface area contributed by atoms with Crippen LogP contribution >= 0.6 is 13.5 Å². The number of carbonyl (C=O) groups is 2. The molecule has 1 saturated heterocycles. The molecule has 2 amide bonds. The number of anilines is 2. The van der Waals surface area contributed by atoms with Crippen LogP contribution in [0.1, 0.15) is 49.8 Å². The molecule has 0 bridgehead atoms. The van der Waals surface area contributed by atoms with Gasteiger partial charge in [-0.25, -0.2) is 9.78 Å². The van der Waals surface area contributed by atoms with Gasteiger partial charge in [-0.1, -0.05) is 17.7 Å². The maximum Gasteiger partial charge on any atom is 0.410 e. The van der Waals surface area contributed by atoms with Crippen LogP contribution < -0.4 is 9.80 Å². The quantitative estimate of drug-likeness (QED) is 0.485. The number of aryl methyl sites for hydroxylation is 1. The Kier molecular flexibility index (Phi) is 7.73. The maximum atomic E-state index is 13.6. The first-order valence-corrected chi connectivity index (χ1v) is 12.8. The molecule has 1 atom stereocenters. The fourth-order valence-corrected chi connectivity index (χ4v) is 4.80. The van der Waals surface area contributed by atoms with Crippen molar-refractivity contribution in [3.05, 3.63) is 60.0 Å². The van der Waals surface area contributed by atoms with Crippen LogP contribution in [0.15, 0.2) is 48.8 Å². The van der Waals surface area contributed by atoms with Crippen molar-refractivity contribution < 1.29 is 14.3 Å². The van der Waals surface area contributed by atoms with Crippen molar-refractivity contribution in [3.8, 4) is 11.1 Å². The summed E-state index contributed by atoms with van der Waals surface area (Å²) in [6.45, 7) is 12.8. The fourth-order valence-electron chi connectivity index (χ4n) is 4.80. The molecule has 5 rings (SSSR count). The van der Waals surface area contributed by atoms with Crippen LogP contribution in [-0.4, -0.2) is 70.0 Å². The topological polar surface area (TPSA) is 83.8 Å². The monoisotopic (exact) mass is 536 g/mol. The summed E-state index contributed by atoms with van der Waals surface area (Å²) in [5.41, 5.74) is 3.75. The number of piperazine rings is 1. The molecule has 0 radical (unpaired) electrons. The van der Waals surface area contributed by atoms with E-state index in [1.165, 1.54) is 0 Å². The van der Waals surface area contributed by atoms with E-state index in [0.29, 0.717) is 38.4 Å². The lowest BCUT2D eigenvalue weighted by atomic mass is 10.0. The van der Waals surface area contributed by atoms with Gasteiger partial charge >= 0.3 is 6.09 Å². The SMILES string of the molecule is Cc1ccc(N2C[C@H](C)n3ncc(-c4ccc(N5CCN(C(=O)OC(C)(C)C)CC5)nc4)c3C2=O)cc1.S. The van der Waals surface area contributed by atoms with E-state index in [-0.39, 0.29) is 31.5 Å². The number of benzene rings is 1. The average molecular weight is 537 g/mol. The van der Waals surface area contributed by atoms with Gasteiger partial charge in [0.05, 0.1) is 12.2 Å². The Morgan fingerprint density at radius 1 is 1.00 bits per heavy atom. The number of carbonyl (C=O) groups excluding carboxylic acids is 2. The maximum absolute atomic E-state index is 13.6. The molecule has 38 heavy (non-hydrogen) atoms. The first-order valence-electron chi connectivity index (χ1n) is 12.8. The molecule has 0 N–H and O–H groups in total. The molecular weight excluding hydrogens is 500 g/mol.